The van der Waals surface area contributed by atoms with Gasteiger partial charge in [0, 0.05) is 12.1 Å². The molecule has 2 rings (SSSR count). The van der Waals surface area contributed by atoms with Crippen LogP contribution in [0.5, 0.6) is 5.75 Å². The van der Waals surface area contributed by atoms with Gasteiger partial charge in [-0.2, -0.15) is 13.2 Å². The first-order valence-corrected chi connectivity index (χ1v) is 9.17. The normalized spacial score (nSPS) is 11.9. The molecule has 0 saturated heterocycles. The minimum Gasteiger partial charge on any atom is -0.497 e. The third kappa shape index (κ3) is 6.26. The van der Waals surface area contributed by atoms with Crippen LogP contribution in [-0.2, 0) is 16.6 Å². The number of benzene rings is 2. The van der Waals surface area contributed by atoms with Crippen molar-refractivity contribution in [1.82, 2.24) is 10.0 Å². The molecule has 0 bridgehead atoms. The van der Waals surface area contributed by atoms with E-state index in [1.54, 1.807) is 29.6 Å². The highest BCUT2D eigenvalue weighted by Gasteiger charge is 2.28. The van der Waals surface area contributed by atoms with E-state index in [1.165, 1.54) is 7.11 Å². The van der Waals surface area contributed by atoms with Gasteiger partial charge < -0.3 is 10.1 Å². The van der Waals surface area contributed by atoms with E-state index < -0.39 is 28.7 Å². The fourth-order valence-electron chi connectivity index (χ4n) is 2.11. The van der Waals surface area contributed by atoms with Gasteiger partial charge in [-0.3, -0.25) is 4.79 Å². The monoisotopic (exact) mass is 402 g/mol. The van der Waals surface area contributed by atoms with Crippen molar-refractivity contribution in [3.05, 3.63) is 59.7 Å². The molecule has 10 heteroatoms. The lowest BCUT2D eigenvalue weighted by atomic mass is 10.2. The zero-order chi connectivity index (χ0) is 20.1. The molecular weight excluding hydrogens is 385 g/mol. The van der Waals surface area contributed by atoms with Crippen LogP contribution in [0.4, 0.5) is 13.2 Å². The van der Waals surface area contributed by atoms with Crippen molar-refractivity contribution in [2.24, 2.45) is 0 Å². The summed E-state index contributed by atoms with van der Waals surface area (Å²) in [6.45, 7) is -1.44. The van der Waals surface area contributed by atoms with E-state index >= 15 is 0 Å². The summed E-state index contributed by atoms with van der Waals surface area (Å²) < 4.78 is 68.4. The summed E-state index contributed by atoms with van der Waals surface area (Å²) in [6.07, 6.45) is -4.52. The average molecular weight is 402 g/mol. The average Bonchev–Trinajstić information content (AvgIpc) is 2.64. The smallest absolute Gasteiger partial charge is 0.405 e. The van der Waals surface area contributed by atoms with Gasteiger partial charge in [0.05, 0.1) is 12.0 Å². The molecule has 0 aliphatic carbocycles. The third-order valence-corrected chi connectivity index (χ3v) is 4.89. The van der Waals surface area contributed by atoms with Gasteiger partial charge in [0.2, 0.25) is 10.0 Å². The van der Waals surface area contributed by atoms with Crippen LogP contribution in [-0.4, -0.2) is 34.2 Å². The molecule has 0 saturated carbocycles. The maximum atomic E-state index is 12.3. The van der Waals surface area contributed by atoms with Gasteiger partial charge in [0.25, 0.3) is 5.91 Å². The van der Waals surface area contributed by atoms with E-state index in [0.717, 1.165) is 24.3 Å². The standard InChI is InChI=1S/C17H17F3N2O4S/c1-26-14-4-2-3-12(9-14)10-22-27(24,25)15-7-5-13(6-8-15)16(23)21-11-17(18,19)20/h2-9,22H,10-11H2,1H3,(H,21,23). The Hall–Kier alpha value is -2.59. The number of carbonyl (C=O) groups is 1. The quantitative estimate of drug-likeness (QED) is 0.745. The van der Waals surface area contributed by atoms with E-state index in [1.807, 2.05) is 0 Å². The van der Waals surface area contributed by atoms with Crippen LogP contribution >= 0.6 is 0 Å². The summed E-state index contributed by atoms with van der Waals surface area (Å²) >= 11 is 0. The number of halogens is 3. The Morgan fingerprint density at radius 2 is 1.78 bits per heavy atom. The van der Waals surface area contributed by atoms with Crippen LogP contribution in [0, 0.1) is 0 Å². The maximum Gasteiger partial charge on any atom is 0.405 e. The van der Waals surface area contributed by atoms with Crippen LogP contribution in [0.3, 0.4) is 0 Å². The van der Waals surface area contributed by atoms with Crippen molar-refractivity contribution in [2.75, 3.05) is 13.7 Å². The third-order valence-electron chi connectivity index (χ3n) is 3.48. The fourth-order valence-corrected chi connectivity index (χ4v) is 3.13. The molecule has 146 valence electrons. The number of carbonyl (C=O) groups excluding carboxylic acids is 1. The van der Waals surface area contributed by atoms with Gasteiger partial charge in [-0.15, -0.1) is 0 Å². The van der Waals surface area contributed by atoms with Crippen molar-refractivity contribution >= 4 is 15.9 Å². The Bertz CT molecular complexity index is 897. The SMILES string of the molecule is COc1cccc(CNS(=O)(=O)c2ccc(C(=O)NCC(F)(F)F)cc2)c1. The molecule has 0 fully saturated rings. The number of sulfonamides is 1. The second-order valence-electron chi connectivity index (χ2n) is 5.50. The molecule has 0 aliphatic heterocycles. The molecule has 0 aliphatic rings. The first-order valence-electron chi connectivity index (χ1n) is 7.68. The van der Waals surface area contributed by atoms with E-state index in [-0.39, 0.29) is 17.0 Å². The second-order valence-corrected chi connectivity index (χ2v) is 7.27. The molecule has 0 atom stereocenters. The number of hydrogen-bond donors (Lipinski definition) is 2. The Kier molecular flexibility index (Phi) is 6.45. The van der Waals surface area contributed by atoms with E-state index in [2.05, 4.69) is 4.72 Å². The first-order chi connectivity index (χ1) is 12.6. The summed E-state index contributed by atoms with van der Waals surface area (Å²) in [4.78, 5) is 11.5. The first kappa shape index (κ1) is 20.7. The van der Waals surface area contributed by atoms with Gasteiger partial charge in [-0.1, -0.05) is 12.1 Å². The van der Waals surface area contributed by atoms with Crippen LogP contribution in [0.1, 0.15) is 15.9 Å². The van der Waals surface area contributed by atoms with Crippen LogP contribution in [0.2, 0.25) is 0 Å². The molecule has 27 heavy (non-hydrogen) atoms. The van der Waals surface area contributed by atoms with Gasteiger partial charge in [-0.05, 0) is 42.0 Å². The molecule has 0 spiro atoms. The van der Waals surface area contributed by atoms with Crippen LogP contribution in [0.25, 0.3) is 0 Å². The minimum absolute atomic E-state index is 0.0212. The van der Waals surface area contributed by atoms with Crippen LogP contribution in [0.15, 0.2) is 53.4 Å². The summed E-state index contributed by atoms with van der Waals surface area (Å²) in [5.74, 6) is -0.360. The van der Waals surface area contributed by atoms with E-state index in [4.69, 9.17) is 4.74 Å². The van der Waals surface area contributed by atoms with Gasteiger partial charge >= 0.3 is 6.18 Å². The lowest BCUT2D eigenvalue weighted by Gasteiger charge is -2.10. The highest BCUT2D eigenvalue weighted by molar-refractivity contribution is 7.89. The van der Waals surface area contributed by atoms with Gasteiger partial charge in [0.15, 0.2) is 0 Å². The summed E-state index contributed by atoms with van der Waals surface area (Å²) in [6, 6.07) is 11.4. The molecular formula is C17H17F3N2O4S. The molecule has 0 radical (unpaired) electrons. The lowest BCUT2D eigenvalue weighted by molar-refractivity contribution is -0.123. The van der Waals surface area contributed by atoms with Crippen molar-refractivity contribution in [1.29, 1.82) is 0 Å². The number of methoxy groups -OCH3 is 1. The zero-order valence-electron chi connectivity index (χ0n) is 14.2. The molecule has 2 aromatic rings. The number of ether oxygens (including phenoxy) is 1. The van der Waals surface area contributed by atoms with Crippen LogP contribution < -0.4 is 14.8 Å². The zero-order valence-corrected chi connectivity index (χ0v) is 15.0. The molecule has 0 unspecified atom stereocenters. The predicted molar refractivity (Wildman–Crippen MR) is 91.8 cm³/mol. The van der Waals surface area contributed by atoms with Crippen molar-refractivity contribution in [3.63, 3.8) is 0 Å². The number of alkyl halides is 3. The number of nitrogens with one attached hydrogen (secondary N) is 2. The lowest BCUT2D eigenvalue weighted by Crippen LogP contribution is -2.33. The Labute approximate surface area is 154 Å². The van der Waals surface area contributed by atoms with E-state index in [0.29, 0.717) is 11.3 Å². The predicted octanol–water partition coefficient (Wildman–Crippen LogP) is 2.47. The van der Waals surface area contributed by atoms with Crippen molar-refractivity contribution < 1.29 is 31.1 Å². The molecule has 2 N–H and O–H groups in total. The number of hydrogen-bond acceptors (Lipinski definition) is 4. The van der Waals surface area contributed by atoms with Gasteiger partial charge in [-0.25, -0.2) is 13.1 Å². The highest BCUT2D eigenvalue weighted by atomic mass is 32.2. The largest absolute Gasteiger partial charge is 0.497 e. The van der Waals surface area contributed by atoms with Crippen molar-refractivity contribution in [3.8, 4) is 5.75 Å². The Morgan fingerprint density at radius 1 is 1.11 bits per heavy atom. The summed E-state index contributed by atoms with van der Waals surface area (Å²) in [7, 11) is -2.36. The van der Waals surface area contributed by atoms with Crippen molar-refractivity contribution in [2.45, 2.75) is 17.6 Å². The topological polar surface area (TPSA) is 84.5 Å². The fraction of sp³-hybridized carbons (Fsp3) is 0.235. The Morgan fingerprint density at radius 3 is 2.37 bits per heavy atom. The molecule has 0 heterocycles. The molecule has 1 amide bonds. The van der Waals surface area contributed by atoms with E-state index in [9.17, 15) is 26.4 Å². The molecule has 2 aromatic carbocycles. The summed E-state index contributed by atoms with van der Waals surface area (Å²) in [5.41, 5.74) is 0.604. The molecule has 6 nitrogen and oxygen atoms in total. The highest BCUT2D eigenvalue weighted by Crippen LogP contribution is 2.16. The van der Waals surface area contributed by atoms with Gasteiger partial charge in [0.1, 0.15) is 12.3 Å². The minimum atomic E-state index is -4.52. The summed E-state index contributed by atoms with van der Waals surface area (Å²) in [5, 5.41) is 1.71. The maximum absolute atomic E-state index is 12.3. The number of rotatable bonds is 7. The second kappa shape index (κ2) is 8.40. The Balaban J connectivity index is 2.02. The number of amides is 1. The molecule has 0 aromatic heterocycles.